The minimum atomic E-state index is -5.08. The molecule has 36 heavy (non-hydrogen) atoms. The average molecular weight is 522 g/mol. The Hall–Kier alpha value is -4.06. The van der Waals surface area contributed by atoms with Gasteiger partial charge in [-0.3, -0.25) is 9.48 Å². The maximum absolute atomic E-state index is 13.3. The monoisotopic (exact) mass is 521 g/mol. The second-order valence-corrected chi connectivity index (χ2v) is 8.42. The van der Waals surface area contributed by atoms with Crippen LogP contribution in [0.25, 0.3) is 21.8 Å². The zero-order valence-electron chi connectivity index (χ0n) is 18.9. The molecule has 1 amide bonds. The summed E-state index contributed by atoms with van der Waals surface area (Å²) in [5.41, 5.74) is 9.16. The van der Waals surface area contributed by atoms with E-state index in [0.717, 1.165) is 33.1 Å². The molecule has 188 valence electrons. The number of rotatable bonds is 2. The highest BCUT2D eigenvalue weighted by Crippen LogP contribution is 2.38. The second-order valence-electron chi connectivity index (χ2n) is 7.99. The fraction of sp³-hybridized carbons (Fsp3) is 0.217. The number of halogens is 4. The molecule has 1 unspecified atom stereocenters. The molecule has 13 heteroatoms. The summed E-state index contributed by atoms with van der Waals surface area (Å²) in [7, 11) is 3.63. The summed E-state index contributed by atoms with van der Waals surface area (Å²) in [5, 5.41) is 13.6. The molecule has 1 aliphatic rings. The normalized spacial score (nSPS) is 14.7. The van der Waals surface area contributed by atoms with Crippen LogP contribution in [0, 0.1) is 0 Å². The number of nitrogen functional groups attached to an aromatic ring is 1. The Morgan fingerprint density at radius 3 is 2.58 bits per heavy atom. The number of nitrogens with two attached hydrogens (primary N) is 1. The molecule has 3 heterocycles. The van der Waals surface area contributed by atoms with Gasteiger partial charge in [-0.05, 0) is 30.3 Å². The molecule has 1 atom stereocenters. The number of anilines is 1. The number of benzene rings is 2. The van der Waals surface area contributed by atoms with Gasteiger partial charge in [0.15, 0.2) is 0 Å². The highest BCUT2D eigenvalue weighted by Gasteiger charge is 2.38. The van der Waals surface area contributed by atoms with Gasteiger partial charge in [0.2, 0.25) is 0 Å². The minimum Gasteiger partial charge on any atom is -0.491 e. The molecule has 0 bridgehead atoms. The molecule has 4 aromatic rings. The van der Waals surface area contributed by atoms with Gasteiger partial charge in [0, 0.05) is 35.6 Å². The number of pyridine rings is 1. The van der Waals surface area contributed by atoms with Crippen LogP contribution >= 0.6 is 11.6 Å². The number of alkyl halides is 3. The van der Waals surface area contributed by atoms with Crippen LogP contribution < -0.4 is 10.5 Å². The van der Waals surface area contributed by atoms with Crippen molar-refractivity contribution < 1.29 is 32.6 Å². The van der Waals surface area contributed by atoms with Gasteiger partial charge in [0.05, 0.1) is 28.7 Å². The summed E-state index contributed by atoms with van der Waals surface area (Å²) >= 11 is 6.04. The van der Waals surface area contributed by atoms with E-state index in [4.69, 9.17) is 32.0 Å². The molecule has 0 saturated carbocycles. The zero-order chi connectivity index (χ0) is 26.4. The third-order valence-corrected chi connectivity index (χ3v) is 5.95. The number of carboxylic acids is 1. The number of carbonyl (C=O) groups is 2. The van der Waals surface area contributed by atoms with Gasteiger partial charge in [0.25, 0.3) is 5.91 Å². The van der Waals surface area contributed by atoms with Gasteiger partial charge in [-0.15, -0.1) is 0 Å². The molecule has 1 aliphatic heterocycles. The SMILES string of the molecule is CN(C(=O)c1ccc2nc(N)c3cnn(C)c3c2c1)C1COc2cc(Cl)ccc21.O=C(O)C(F)(F)F. The highest BCUT2D eigenvalue weighted by atomic mass is 35.5. The van der Waals surface area contributed by atoms with Crippen molar-refractivity contribution in [2.24, 2.45) is 7.05 Å². The number of nitrogens with zero attached hydrogens (tertiary/aromatic N) is 4. The van der Waals surface area contributed by atoms with Crippen molar-refractivity contribution in [1.29, 1.82) is 0 Å². The summed E-state index contributed by atoms with van der Waals surface area (Å²) in [5.74, 6) is -1.71. The second kappa shape index (κ2) is 9.19. The third-order valence-electron chi connectivity index (χ3n) is 5.72. The van der Waals surface area contributed by atoms with E-state index in [2.05, 4.69) is 10.1 Å². The summed E-state index contributed by atoms with van der Waals surface area (Å²) in [6.07, 6.45) is -3.39. The Balaban J connectivity index is 0.000000384. The van der Waals surface area contributed by atoms with E-state index in [1.807, 2.05) is 31.3 Å². The number of hydrogen-bond acceptors (Lipinski definition) is 6. The van der Waals surface area contributed by atoms with Crippen LogP contribution in [0.3, 0.4) is 0 Å². The number of hydrogen-bond donors (Lipinski definition) is 2. The molecule has 0 spiro atoms. The van der Waals surface area contributed by atoms with Gasteiger partial charge in [-0.25, -0.2) is 9.78 Å². The average Bonchev–Trinajstić information content (AvgIpc) is 3.41. The molecule has 0 fully saturated rings. The quantitative estimate of drug-likeness (QED) is 0.405. The van der Waals surface area contributed by atoms with E-state index in [0.29, 0.717) is 23.0 Å². The molecule has 0 aliphatic carbocycles. The molecule has 2 aromatic heterocycles. The first-order valence-corrected chi connectivity index (χ1v) is 10.8. The fourth-order valence-electron chi connectivity index (χ4n) is 3.92. The molecule has 2 aromatic carbocycles. The van der Waals surface area contributed by atoms with Gasteiger partial charge >= 0.3 is 12.1 Å². The van der Waals surface area contributed by atoms with Crippen molar-refractivity contribution in [2.75, 3.05) is 19.4 Å². The van der Waals surface area contributed by atoms with Crippen molar-refractivity contribution in [1.82, 2.24) is 19.7 Å². The first-order valence-electron chi connectivity index (χ1n) is 10.4. The summed E-state index contributed by atoms with van der Waals surface area (Å²) in [6.45, 7) is 0.398. The van der Waals surface area contributed by atoms with Crippen LogP contribution in [-0.4, -0.2) is 56.5 Å². The Morgan fingerprint density at radius 1 is 1.22 bits per heavy atom. The topological polar surface area (TPSA) is 124 Å². The predicted molar refractivity (Wildman–Crippen MR) is 126 cm³/mol. The van der Waals surface area contributed by atoms with Crippen LogP contribution in [0.5, 0.6) is 5.75 Å². The van der Waals surface area contributed by atoms with E-state index < -0.39 is 12.1 Å². The molecule has 9 nitrogen and oxygen atoms in total. The smallest absolute Gasteiger partial charge is 0.490 e. The number of aliphatic carboxylic acids is 1. The Morgan fingerprint density at radius 2 is 1.92 bits per heavy atom. The van der Waals surface area contributed by atoms with Gasteiger partial charge in [-0.2, -0.15) is 18.3 Å². The largest absolute Gasteiger partial charge is 0.491 e. The molecule has 5 rings (SSSR count). The number of amides is 1. The van der Waals surface area contributed by atoms with Crippen LogP contribution in [0.2, 0.25) is 5.02 Å². The van der Waals surface area contributed by atoms with Crippen molar-refractivity contribution in [3.8, 4) is 5.75 Å². The Labute approximate surface area is 206 Å². The zero-order valence-corrected chi connectivity index (χ0v) is 19.6. The van der Waals surface area contributed by atoms with Gasteiger partial charge < -0.3 is 20.5 Å². The molecular weight excluding hydrogens is 503 g/mol. The molecule has 0 saturated heterocycles. The molecule has 0 radical (unpaired) electrons. The lowest BCUT2D eigenvalue weighted by molar-refractivity contribution is -0.192. The number of likely N-dealkylation sites (N-methyl/N-ethyl adjacent to an activating group) is 1. The maximum atomic E-state index is 13.3. The Bertz CT molecular complexity index is 1500. The van der Waals surface area contributed by atoms with E-state index in [1.165, 1.54) is 0 Å². The predicted octanol–water partition coefficient (Wildman–Crippen LogP) is 4.20. The maximum Gasteiger partial charge on any atom is 0.490 e. The summed E-state index contributed by atoms with van der Waals surface area (Å²) < 4.78 is 39.2. The molecule has 3 N–H and O–H groups in total. The van der Waals surface area contributed by atoms with Crippen molar-refractivity contribution in [3.05, 3.63) is 58.7 Å². The lowest BCUT2D eigenvalue weighted by Crippen LogP contribution is -2.32. The molecular formula is C23H19ClF3N5O4. The van der Waals surface area contributed by atoms with Crippen molar-refractivity contribution >= 4 is 51.1 Å². The third kappa shape index (κ3) is 4.59. The highest BCUT2D eigenvalue weighted by molar-refractivity contribution is 6.30. The number of ether oxygens (including phenoxy) is 1. The van der Waals surface area contributed by atoms with E-state index in [1.54, 1.807) is 35.0 Å². The fourth-order valence-corrected chi connectivity index (χ4v) is 4.09. The summed E-state index contributed by atoms with van der Waals surface area (Å²) in [6, 6.07) is 10.8. The van der Waals surface area contributed by atoms with Crippen molar-refractivity contribution in [3.63, 3.8) is 0 Å². The first-order chi connectivity index (χ1) is 16.9. The van der Waals surface area contributed by atoms with E-state index in [-0.39, 0.29) is 11.9 Å². The van der Waals surface area contributed by atoms with E-state index in [9.17, 15) is 18.0 Å². The number of aryl methyl sites for hydroxylation is 1. The van der Waals surface area contributed by atoms with Crippen molar-refractivity contribution in [2.45, 2.75) is 12.2 Å². The Kier molecular flexibility index (Phi) is 6.39. The van der Waals surface area contributed by atoms with Crippen LogP contribution in [-0.2, 0) is 11.8 Å². The number of aromatic nitrogens is 3. The van der Waals surface area contributed by atoms with Gasteiger partial charge in [-0.1, -0.05) is 17.7 Å². The standard InChI is InChI=1S/C21H18ClN5O2.C2HF3O2/c1-26(17-10-29-18-8-12(22)4-5-13(17)18)21(28)11-3-6-16-14(7-11)19-15(20(23)25-16)9-24-27(19)2;3-2(4,5)1(6)7/h3-9,17H,10H2,1-2H3,(H2,23,25);(H,6,7). The lowest BCUT2D eigenvalue weighted by Gasteiger charge is -2.24. The lowest BCUT2D eigenvalue weighted by atomic mass is 10.0. The van der Waals surface area contributed by atoms with Crippen LogP contribution in [0.1, 0.15) is 22.0 Å². The summed E-state index contributed by atoms with van der Waals surface area (Å²) in [4.78, 5) is 28.3. The number of carbonyl (C=O) groups excluding carboxylic acids is 1. The first kappa shape index (κ1) is 25.0. The minimum absolute atomic E-state index is 0.101. The van der Waals surface area contributed by atoms with Gasteiger partial charge in [0.1, 0.15) is 18.2 Å². The van der Waals surface area contributed by atoms with Crippen LogP contribution in [0.15, 0.2) is 42.6 Å². The van der Waals surface area contributed by atoms with E-state index >= 15 is 0 Å². The van der Waals surface area contributed by atoms with Crippen LogP contribution in [0.4, 0.5) is 19.0 Å². The number of fused-ring (bicyclic) bond motifs is 4. The number of carboxylic acid groups (broad SMARTS) is 1.